The van der Waals surface area contributed by atoms with Crippen molar-refractivity contribution in [2.24, 2.45) is 0 Å². The molecule has 1 aromatic carbocycles. The zero-order valence-electron chi connectivity index (χ0n) is 12.9. The highest BCUT2D eigenvalue weighted by atomic mass is 16.2. The molecule has 0 saturated carbocycles. The molecule has 2 atom stereocenters. The van der Waals surface area contributed by atoms with E-state index in [4.69, 9.17) is 0 Å². The highest BCUT2D eigenvalue weighted by molar-refractivity contribution is 5.84. The first-order chi connectivity index (χ1) is 9.49. The zero-order chi connectivity index (χ0) is 14.7. The van der Waals surface area contributed by atoms with Crippen LogP contribution in [0.1, 0.15) is 30.6 Å². The Morgan fingerprint density at radius 2 is 1.90 bits per heavy atom. The molecule has 1 fully saturated rings. The number of nitrogens with one attached hydrogen (secondary N) is 1. The van der Waals surface area contributed by atoms with Gasteiger partial charge in [0.25, 0.3) is 0 Å². The molecule has 2 rings (SSSR count). The second-order valence-electron chi connectivity index (χ2n) is 5.89. The van der Waals surface area contributed by atoms with E-state index in [1.165, 1.54) is 5.56 Å². The molecule has 4 nitrogen and oxygen atoms in total. The molecule has 1 aliphatic heterocycles. The summed E-state index contributed by atoms with van der Waals surface area (Å²) in [7, 11) is 4.12. The summed E-state index contributed by atoms with van der Waals surface area (Å²) in [5, 5.41) is 3.39. The summed E-state index contributed by atoms with van der Waals surface area (Å²) in [6, 6.07) is 8.32. The number of carbonyl (C=O) groups is 1. The van der Waals surface area contributed by atoms with E-state index in [1.807, 2.05) is 11.8 Å². The highest BCUT2D eigenvalue weighted by Crippen LogP contribution is 2.25. The third kappa shape index (κ3) is 3.38. The Bertz CT molecular complexity index is 455. The van der Waals surface area contributed by atoms with E-state index in [2.05, 4.69) is 55.5 Å². The molecule has 1 N–H and O–H groups in total. The maximum absolute atomic E-state index is 12.3. The number of carbonyl (C=O) groups excluding carboxylic acids is 1. The fourth-order valence-corrected chi connectivity index (χ4v) is 2.60. The standard InChI is InChI=1S/C16H25N3O/c1-12-6-8-14(9-7-12)15-17-13(2)16(20)19(15)11-5-10-18(3)4/h6-9,13,15,17H,5,10-11H2,1-4H3. The number of hydrogen-bond donors (Lipinski definition) is 1. The van der Waals surface area contributed by atoms with Gasteiger partial charge >= 0.3 is 0 Å². The smallest absolute Gasteiger partial charge is 0.241 e. The molecule has 0 spiro atoms. The average Bonchev–Trinajstić information content (AvgIpc) is 2.67. The Kier molecular flexibility index (Phi) is 4.78. The van der Waals surface area contributed by atoms with Crippen LogP contribution in [0.25, 0.3) is 0 Å². The van der Waals surface area contributed by atoms with Gasteiger partial charge in [-0.1, -0.05) is 29.8 Å². The summed E-state index contributed by atoms with van der Waals surface area (Å²) in [6.07, 6.45) is 1.01. The first kappa shape index (κ1) is 15.0. The van der Waals surface area contributed by atoms with Crippen LogP contribution >= 0.6 is 0 Å². The van der Waals surface area contributed by atoms with Gasteiger partial charge in [0.2, 0.25) is 5.91 Å². The van der Waals surface area contributed by atoms with Crippen LogP contribution in [0.15, 0.2) is 24.3 Å². The average molecular weight is 275 g/mol. The lowest BCUT2D eigenvalue weighted by Crippen LogP contribution is -2.33. The minimum atomic E-state index is -0.0966. The minimum absolute atomic E-state index is 0.0141. The van der Waals surface area contributed by atoms with Crippen LogP contribution < -0.4 is 5.32 Å². The van der Waals surface area contributed by atoms with Crippen molar-refractivity contribution < 1.29 is 4.79 Å². The zero-order valence-corrected chi connectivity index (χ0v) is 12.9. The Labute approximate surface area is 121 Å². The highest BCUT2D eigenvalue weighted by Gasteiger charge is 2.36. The van der Waals surface area contributed by atoms with Crippen molar-refractivity contribution in [2.45, 2.75) is 32.5 Å². The van der Waals surface area contributed by atoms with Gasteiger partial charge in [-0.15, -0.1) is 0 Å². The second kappa shape index (κ2) is 6.37. The summed E-state index contributed by atoms with van der Waals surface area (Å²) in [5.41, 5.74) is 2.41. The van der Waals surface area contributed by atoms with Gasteiger partial charge in [-0.2, -0.15) is 0 Å². The normalized spacial score (nSPS) is 22.9. The summed E-state index contributed by atoms with van der Waals surface area (Å²) in [5.74, 6) is 0.203. The number of nitrogens with zero attached hydrogens (tertiary/aromatic N) is 2. The molecule has 0 radical (unpaired) electrons. The quantitative estimate of drug-likeness (QED) is 0.889. The van der Waals surface area contributed by atoms with Crippen molar-refractivity contribution in [2.75, 3.05) is 27.2 Å². The Morgan fingerprint density at radius 1 is 1.25 bits per heavy atom. The number of benzene rings is 1. The van der Waals surface area contributed by atoms with E-state index < -0.39 is 0 Å². The third-order valence-electron chi connectivity index (χ3n) is 3.77. The van der Waals surface area contributed by atoms with Gasteiger partial charge < -0.3 is 9.80 Å². The van der Waals surface area contributed by atoms with Crippen molar-refractivity contribution in [3.05, 3.63) is 35.4 Å². The number of amides is 1. The first-order valence-electron chi connectivity index (χ1n) is 7.27. The van der Waals surface area contributed by atoms with E-state index in [0.29, 0.717) is 0 Å². The molecule has 110 valence electrons. The molecule has 1 aromatic rings. The lowest BCUT2D eigenvalue weighted by Gasteiger charge is -2.25. The maximum atomic E-state index is 12.3. The van der Waals surface area contributed by atoms with E-state index in [0.717, 1.165) is 25.1 Å². The van der Waals surface area contributed by atoms with E-state index >= 15 is 0 Å². The molecule has 20 heavy (non-hydrogen) atoms. The van der Waals surface area contributed by atoms with Crippen LogP contribution in [0.4, 0.5) is 0 Å². The maximum Gasteiger partial charge on any atom is 0.241 e. The summed E-state index contributed by atoms with van der Waals surface area (Å²) >= 11 is 0. The van der Waals surface area contributed by atoms with Crippen molar-refractivity contribution in [3.8, 4) is 0 Å². The predicted octanol–water partition coefficient (Wildman–Crippen LogP) is 1.77. The molecular formula is C16H25N3O. The van der Waals surface area contributed by atoms with Crippen molar-refractivity contribution >= 4 is 5.91 Å². The second-order valence-corrected chi connectivity index (χ2v) is 5.89. The van der Waals surface area contributed by atoms with Gasteiger partial charge in [0.1, 0.15) is 6.17 Å². The molecular weight excluding hydrogens is 250 g/mol. The molecule has 1 amide bonds. The van der Waals surface area contributed by atoms with Crippen LogP contribution in [0, 0.1) is 6.92 Å². The largest absolute Gasteiger partial charge is 0.322 e. The van der Waals surface area contributed by atoms with Gasteiger partial charge in [0.05, 0.1) is 6.04 Å². The van der Waals surface area contributed by atoms with E-state index in [1.54, 1.807) is 0 Å². The Morgan fingerprint density at radius 3 is 2.50 bits per heavy atom. The van der Waals surface area contributed by atoms with Gasteiger partial charge in [-0.3, -0.25) is 10.1 Å². The lowest BCUT2D eigenvalue weighted by molar-refractivity contribution is -0.129. The topological polar surface area (TPSA) is 35.6 Å². The van der Waals surface area contributed by atoms with Crippen LogP contribution in [-0.4, -0.2) is 48.9 Å². The fraction of sp³-hybridized carbons (Fsp3) is 0.562. The van der Waals surface area contributed by atoms with E-state index in [9.17, 15) is 4.79 Å². The lowest BCUT2D eigenvalue weighted by atomic mass is 10.1. The number of rotatable bonds is 5. The summed E-state index contributed by atoms with van der Waals surface area (Å²) in [4.78, 5) is 16.4. The van der Waals surface area contributed by atoms with Crippen molar-refractivity contribution in [1.29, 1.82) is 0 Å². The third-order valence-corrected chi connectivity index (χ3v) is 3.77. The predicted molar refractivity (Wildman–Crippen MR) is 81.4 cm³/mol. The number of hydrogen-bond acceptors (Lipinski definition) is 3. The molecule has 0 bridgehead atoms. The van der Waals surface area contributed by atoms with Crippen LogP contribution in [-0.2, 0) is 4.79 Å². The molecule has 4 heteroatoms. The minimum Gasteiger partial charge on any atom is -0.322 e. The van der Waals surface area contributed by atoms with Crippen molar-refractivity contribution in [3.63, 3.8) is 0 Å². The Balaban J connectivity index is 2.09. The van der Waals surface area contributed by atoms with Gasteiger partial charge in [-0.25, -0.2) is 0 Å². The molecule has 0 aliphatic carbocycles. The van der Waals surface area contributed by atoms with Gasteiger partial charge in [0.15, 0.2) is 0 Å². The van der Waals surface area contributed by atoms with Gasteiger partial charge in [0, 0.05) is 6.54 Å². The summed E-state index contributed by atoms with van der Waals surface area (Å²) < 4.78 is 0. The fourth-order valence-electron chi connectivity index (χ4n) is 2.60. The van der Waals surface area contributed by atoms with E-state index in [-0.39, 0.29) is 18.1 Å². The van der Waals surface area contributed by atoms with Crippen LogP contribution in [0.2, 0.25) is 0 Å². The molecule has 1 heterocycles. The molecule has 1 saturated heterocycles. The molecule has 2 unspecified atom stereocenters. The molecule has 0 aromatic heterocycles. The first-order valence-corrected chi connectivity index (χ1v) is 7.27. The Hall–Kier alpha value is -1.39. The SMILES string of the molecule is Cc1ccc(C2NC(C)C(=O)N2CCCN(C)C)cc1. The number of aryl methyl sites for hydroxylation is 1. The summed E-state index contributed by atoms with van der Waals surface area (Å²) in [6.45, 7) is 5.82. The van der Waals surface area contributed by atoms with Crippen molar-refractivity contribution in [1.82, 2.24) is 15.1 Å². The van der Waals surface area contributed by atoms with Crippen LogP contribution in [0.5, 0.6) is 0 Å². The van der Waals surface area contributed by atoms with Gasteiger partial charge in [-0.05, 0) is 46.5 Å². The van der Waals surface area contributed by atoms with Crippen LogP contribution in [0.3, 0.4) is 0 Å². The molecule has 1 aliphatic rings. The monoisotopic (exact) mass is 275 g/mol.